The monoisotopic (exact) mass is 314 g/mol. The largest absolute Gasteiger partial charge is 0.345 e. The highest BCUT2D eigenvalue weighted by atomic mass is 35.5. The normalized spacial score (nSPS) is 12.1. The van der Waals surface area contributed by atoms with Crippen molar-refractivity contribution in [2.45, 2.75) is 39.7 Å². The highest BCUT2D eigenvalue weighted by molar-refractivity contribution is 6.40. The van der Waals surface area contributed by atoms with Crippen molar-refractivity contribution in [1.29, 1.82) is 0 Å². The van der Waals surface area contributed by atoms with Gasteiger partial charge in [0, 0.05) is 11.1 Å². The van der Waals surface area contributed by atoms with Gasteiger partial charge in [-0.15, -0.1) is 0 Å². The Morgan fingerprint density at radius 2 is 1.86 bits per heavy atom. The molecule has 1 unspecified atom stereocenters. The maximum Gasteiger partial charge on any atom is 0.313 e. The van der Waals surface area contributed by atoms with Gasteiger partial charge in [0.2, 0.25) is 0 Å². The summed E-state index contributed by atoms with van der Waals surface area (Å²) < 4.78 is 13.5. The van der Waals surface area contributed by atoms with Crippen LogP contribution in [0, 0.1) is 11.7 Å². The van der Waals surface area contributed by atoms with Gasteiger partial charge < -0.3 is 10.6 Å². The van der Waals surface area contributed by atoms with Crippen LogP contribution in [0.2, 0.25) is 5.02 Å². The van der Waals surface area contributed by atoms with Crippen LogP contribution in [0.3, 0.4) is 0 Å². The van der Waals surface area contributed by atoms with E-state index in [1.807, 2.05) is 6.92 Å². The fourth-order valence-corrected chi connectivity index (χ4v) is 1.89. The highest BCUT2D eigenvalue weighted by Gasteiger charge is 2.18. The molecule has 0 aromatic heterocycles. The number of halogens is 2. The van der Waals surface area contributed by atoms with E-state index in [0.29, 0.717) is 5.92 Å². The number of benzene rings is 1. The second kappa shape index (κ2) is 7.98. The molecule has 1 rings (SSSR count). The zero-order valence-electron chi connectivity index (χ0n) is 12.4. The smallest absolute Gasteiger partial charge is 0.313 e. The molecule has 4 nitrogen and oxygen atoms in total. The number of rotatable bonds is 5. The lowest BCUT2D eigenvalue weighted by atomic mass is 10.0. The Hall–Kier alpha value is -1.62. The van der Waals surface area contributed by atoms with Crippen LogP contribution < -0.4 is 10.6 Å². The minimum Gasteiger partial charge on any atom is -0.345 e. The molecule has 0 spiro atoms. The molecule has 2 N–H and O–H groups in total. The topological polar surface area (TPSA) is 58.2 Å². The van der Waals surface area contributed by atoms with E-state index >= 15 is 0 Å². The molecule has 1 aromatic carbocycles. The Kier molecular flexibility index (Phi) is 6.62. The van der Waals surface area contributed by atoms with Crippen LogP contribution in [0.25, 0.3) is 0 Å². The Bertz CT molecular complexity index is 520. The third-order valence-corrected chi connectivity index (χ3v) is 3.17. The second-order valence-electron chi connectivity index (χ2n) is 5.42. The van der Waals surface area contributed by atoms with Crippen molar-refractivity contribution in [1.82, 2.24) is 5.32 Å². The van der Waals surface area contributed by atoms with E-state index < -0.39 is 17.6 Å². The van der Waals surface area contributed by atoms with Gasteiger partial charge in [-0.1, -0.05) is 25.4 Å². The fraction of sp³-hybridized carbons (Fsp3) is 0.467. The number of nitrogens with one attached hydrogen (secondary N) is 2. The van der Waals surface area contributed by atoms with Crippen LogP contribution in [0.4, 0.5) is 10.1 Å². The first-order valence-corrected chi connectivity index (χ1v) is 7.24. The van der Waals surface area contributed by atoms with Gasteiger partial charge in [0.25, 0.3) is 0 Å². The predicted octanol–water partition coefficient (Wildman–Crippen LogP) is 3.36. The van der Waals surface area contributed by atoms with E-state index in [2.05, 4.69) is 24.5 Å². The van der Waals surface area contributed by atoms with Crippen LogP contribution in [0.15, 0.2) is 18.2 Å². The minimum atomic E-state index is -0.910. The van der Waals surface area contributed by atoms with Crippen molar-refractivity contribution < 1.29 is 14.0 Å². The summed E-state index contributed by atoms with van der Waals surface area (Å²) in [5.74, 6) is -1.81. The first-order chi connectivity index (χ1) is 9.79. The van der Waals surface area contributed by atoms with Crippen molar-refractivity contribution >= 4 is 29.1 Å². The lowest BCUT2D eigenvalue weighted by Gasteiger charge is -2.15. The molecule has 0 fully saturated rings. The van der Waals surface area contributed by atoms with Crippen molar-refractivity contribution in [3.8, 4) is 0 Å². The van der Waals surface area contributed by atoms with E-state index in [9.17, 15) is 14.0 Å². The van der Waals surface area contributed by atoms with Crippen LogP contribution in [0.5, 0.6) is 0 Å². The number of hydrogen-bond acceptors (Lipinski definition) is 2. The van der Waals surface area contributed by atoms with E-state index in [1.165, 1.54) is 12.1 Å². The Labute approximate surface area is 129 Å². The van der Waals surface area contributed by atoms with Gasteiger partial charge in [-0.05, 0) is 43.9 Å². The quantitative estimate of drug-likeness (QED) is 0.819. The van der Waals surface area contributed by atoms with Gasteiger partial charge >= 0.3 is 11.8 Å². The Balaban J connectivity index is 2.55. The summed E-state index contributed by atoms with van der Waals surface area (Å²) >= 11 is 5.72. The predicted molar refractivity (Wildman–Crippen MR) is 81.7 cm³/mol. The molecule has 116 valence electrons. The zero-order chi connectivity index (χ0) is 16.0. The van der Waals surface area contributed by atoms with Gasteiger partial charge in [-0.3, -0.25) is 9.59 Å². The molecule has 0 saturated heterocycles. The van der Waals surface area contributed by atoms with E-state index in [4.69, 9.17) is 11.6 Å². The van der Waals surface area contributed by atoms with Crippen LogP contribution in [0.1, 0.15) is 33.6 Å². The molecule has 6 heteroatoms. The summed E-state index contributed by atoms with van der Waals surface area (Å²) in [6, 6.07) is 3.63. The molecule has 1 atom stereocenters. The lowest BCUT2D eigenvalue weighted by molar-refractivity contribution is -0.136. The van der Waals surface area contributed by atoms with Crippen LogP contribution in [-0.2, 0) is 9.59 Å². The standard InChI is InChI=1S/C15H20ClFN2O2/c1-9(2)4-5-10(3)18-14(20)15(21)19-13-8-11(16)6-7-12(13)17/h6-10H,4-5H2,1-3H3,(H,18,20)(H,19,21). The molecular weight excluding hydrogens is 295 g/mol. The average Bonchev–Trinajstić information content (AvgIpc) is 2.40. The SMILES string of the molecule is CC(C)CCC(C)NC(=O)C(=O)Nc1cc(Cl)ccc1F. The molecule has 0 radical (unpaired) electrons. The zero-order valence-corrected chi connectivity index (χ0v) is 13.1. The van der Waals surface area contributed by atoms with Crippen LogP contribution >= 0.6 is 11.6 Å². The highest BCUT2D eigenvalue weighted by Crippen LogP contribution is 2.19. The Morgan fingerprint density at radius 1 is 1.19 bits per heavy atom. The first-order valence-electron chi connectivity index (χ1n) is 6.86. The van der Waals surface area contributed by atoms with E-state index in [-0.39, 0.29) is 16.8 Å². The molecule has 0 aliphatic heterocycles. The second-order valence-corrected chi connectivity index (χ2v) is 5.86. The average molecular weight is 315 g/mol. The Morgan fingerprint density at radius 3 is 2.48 bits per heavy atom. The number of carbonyl (C=O) groups is 2. The lowest BCUT2D eigenvalue weighted by Crippen LogP contribution is -2.40. The summed E-state index contributed by atoms with van der Waals surface area (Å²) in [6.45, 7) is 6.00. The first kappa shape index (κ1) is 17.4. The third kappa shape index (κ3) is 6.12. The van der Waals surface area contributed by atoms with Gasteiger partial charge in [-0.25, -0.2) is 4.39 Å². The number of anilines is 1. The summed E-state index contributed by atoms with van der Waals surface area (Å²) in [6.07, 6.45) is 1.73. The fourth-order valence-electron chi connectivity index (χ4n) is 1.72. The molecule has 2 amide bonds. The molecule has 0 aliphatic rings. The maximum atomic E-state index is 13.5. The van der Waals surface area contributed by atoms with Crippen molar-refractivity contribution in [2.24, 2.45) is 5.92 Å². The molecule has 21 heavy (non-hydrogen) atoms. The molecule has 0 saturated carbocycles. The molecule has 0 aliphatic carbocycles. The number of amides is 2. The summed E-state index contributed by atoms with van der Waals surface area (Å²) in [5.41, 5.74) is -0.113. The van der Waals surface area contributed by atoms with Crippen LogP contribution in [-0.4, -0.2) is 17.9 Å². The van der Waals surface area contributed by atoms with Gasteiger partial charge in [0.1, 0.15) is 5.82 Å². The summed E-state index contributed by atoms with van der Waals surface area (Å²) in [4.78, 5) is 23.4. The van der Waals surface area contributed by atoms with Gasteiger partial charge in [0.05, 0.1) is 5.69 Å². The number of hydrogen-bond donors (Lipinski definition) is 2. The van der Waals surface area contributed by atoms with Crippen molar-refractivity contribution in [3.63, 3.8) is 0 Å². The molecular formula is C15H20ClFN2O2. The summed E-state index contributed by atoms with van der Waals surface area (Å²) in [5, 5.41) is 5.07. The van der Waals surface area contributed by atoms with Gasteiger partial charge in [-0.2, -0.15) is 0 Å². The van der Waals surface area contributed by atoms with Gasteiger partial charge in [0.15, 0.2) is 0 Å². The van der Waals surface area contributed by atoms with E-state index in [0.717, 1.165) is 18.9 Å². The summed E-state index contributed by atoms with van der Waals surface area (Å²) in [7, 11) is 0. The van der Waals surface area contributed by atoms with Crippen molar-refractivity contribution in [3.05, 3.63) is 29.0 Å². The number of carbonyl (C=O) groups excluding carboxylic acids is 2. The third-order valence-electron chi connectivity index (χ3n) is 2.94. The van der Waals surface area contributed by atoms with E-state index in [1.54, 1.807) is 0 Å². The molecule has 0 heterocycles. The minimum absolute atomic E-state index is 0.113. The van der Waals surface area contributed by atoms with Crippen molar-refractivity contribution in [2.75, 3.05) is 5.32 Å². The molecule has 1 aromatic rings. The maximum absolute atomic E-state index is 13.5. The molecule has 0 bridgehead atoms.